The lowest BCUT2D eigenvalue weighted by Gasteiger charge is -2.29. The van der Waals surface area contributed by atoms with Gasteiger partial charge in [0.15, 0.2) is 0 Å². The Kier molecular flexibility index (Phi) is 6.85. The average molecular weight is 432 g/mol. The summed E-state index contributed by atoms with van der Waals surface area (Å²) in [5.41, 5.74) is -0.501. The largest absolute Gasteiger partial charge is 0.547 e. The van der Waals surface area contributed by atoms with Gasteiger partial charge in [0.2, 0.25) is 12.7 Å². The predicted molar refractivity (Wildman–Crippen MR) is 102 cm³/mol. The van der Waals surface area contributed by atoms with E-state index in [2.05, 4.69) is 5.32 Å². The summed E-state index contributed by atoms with van der Waals surface area (Å²) in [6, 6.07) is 1.48. The Morgan fingerprint density at radius 1 is 1.32 bits per heavy atom. The molecule has 1 heterocycles. The van der Waals surface area contributed by atoms with Crippen LogP contribution in [0.3, 0.4) is 0 Å². The second kappa shape index (κ2) is 8.59. The number of hydrogen-bond donors (Lipinski definition) is 2. The van der Waals surface area contributed by atoms with Gasteiger partial charge in [0.1, 0.15) is 11.3 Å². The SMILES string of the molecule is CC(=O)N[C@H]1Cc2cc(Cl)c(Cl)c(C(=O)OCOC(=O)C(C)(C)C)c2OB1O. The van der Waals surface area contributed by atoms with Crippen LogP contribution in [0.4, 0.5) is 0 Å². The van der Waals surface area contributed by atoms with Crippen molar-refractivity contribution >= 4 is 48.2 Å². The minimum absolute atomic E-state index is 0.00403. The molecule has 1 aromatic carbocycles. The van der Waals surface area contributed by atoms with Crippen LogP contribution in [0.1, 0.15) is 43.6 Å². The Balaban J connectivity index is 2.23. The molecular formula is C17H20BCl2NO7. The summed E-state index contributed by atoms with van der Waals surface area (Å²) in [5, 5.41) is 12.6. The Bertz CT molecular complexity index is 810. The molecule has 0 unspecified atom stereocenters. The highest BCUT2D eigenvalue weighted by Crippen LogP contribution is 2.39. The minimum atomic E-state index is -1.40. The normalized spacial score (nSPS) is 16.0. The highest BCUT2D eigenvalue weighted by molar-refractivity contribution is 6.48. The molecule has 2 N–H and O–H groups in total. The Morgan fingerprint density at radius 3 is 2.54 bits per heavy atom. The monoisotopic (exact) mass is 431 g/mol. The van der Waals surface area contributed by atoms with Gasteiger partial charge in [-0.05, 0) is 38.8 Å². The zero-order valence-corrected chi connectivity index (χ0v) is 17.3. The van der Waals surface area contributed by atoms with Crippen LogP contribution in [-0.2, 0) is 25.5 Å². The number of halogens is 2. The van der Waals surface area contributed by atoms with Gasteiger partial charge >= 0.3 is 19.1 Å². The summed E-state index contributed by atoms with van der Waals surface area (Å²) in [6.07, 6.45) is 0.159. The summed E-state index contributed by atoms with van der Waals surface area (Å²) in [6.45, 7) is 5.65. The number of carbonyl (C=O) groups is 3. The van der Waals surface area contributed by atoms with Crippen molar-refractivity contribution < 1.29 is 33.5 Å². The van der Waals surface area contributed by atoms with Crippen molar-refractivity contribution in [2.45, 2.75) is 40.1 Å². The van der Waals surface area contributed by atoms with Crippen LogP contribution < -0.4 is 9.97 Å². The summed E-state index contributed by atoms with van der Waals surface area (Å²) in [4.78, 5) is 35.5. The van der Waals surface area contributed by atoms with Crippen LogP contribution in [0.25, 0.3) is 0 Å². The second-order valence-electron chi connectivity index (χ2n) is 7.29. The van der Waals surface area contributed by atoms with Crippen molar-refractivity contribution in [3.8, 4) is 5.75 Å². The first-order valence-corrected chi connectivity index (χ1v) is 9.14. The first kappa shape index (κ1) is 22.3. The first-order chi connectivity index (χ1) is 12.9. The van der Waals surface area contributed by atoms with E-state index in [1.54, 1.807) is 20.8 Å². The highest BCUT2D eigenvalue weighted by atomic mass is 35.5. The molecule has 0 fully saturated rings. The minimum Gasteiger partial charge on any atom is -0.534 e. The van der Waals surface area contributed by atoms with E-state index in [1.165, 1.54) is 13.0 Å². The maximum atomic E-state index is 12.5. The third-order valence-electron chi connectivity index (χ3n) is 3.86. The summed E-state index contributed by atoms with van der Waals surface area (Å²) >= 11 is 12.2. The average Bonchev–Trinajstić information content (AvgIpc) is 2.56. The molecule has 1 aromatic rings. The van der Waals surface area contributed by atoms with E-state index in [1.807, 2.05) is 0 Å². The van der Waals surface area contributed by atoms with Crippen LogP contribution in [0.2, 0.25) is 10.0 Å². The second-order valence-corrected chi connectivity index (χ2v) is 8.07. The van der Waals surface area contributed by atoms with Crippen molar-refractivity contribution in [2.24, 2.45) is 5.41 Å². The third kappa shape index (κ3) is 5.09. The first-order valence-electron chi connectivity index (χ1n) is 8.39. The Labute approximate surface area is 172 Å². The fourth-order valence-corrected chi connectivity index (χ4v) is 2.92. The molecular weight excluding hydrogens is 412 g/mol. The van der Waals surface area contributed by atoms with Crippen LogP contribution in [-0.4, -0.2) is 42.7 Å². The van der Waals surface area contributed by atoms with Crippen molar-refractivity contribution in [1.29, 1.82) is 0 Å². The summed E-state index contributed by atoms with van der Waals surface area (Å²) in [7, 11) is -1.40. The molecule has 0 saturated carbocycles. The number of fused-ring (bicyclic) bond motifs is 1. The number of benzene rings is 1. The lowest BCUT2D eigenvalue weighted by molar-refractivity contribution is -0.161. The van der Waals surface area contributed by atoms with Crippen LogP contribution in [0.5, 0.6) is 5.75 Å². The van der Waals surface area contributed by atoms with Crippen molar-refractivity contribution in [1.82, 2.24) is 5.32 Å². The number of nitrogens with one attached hydrogen (secondary N) is 1. The van der Waals surface area contributed by atoms with Gasteiger partial charge in [-0.1, -0.05) is 23.2 Å². The van der Waals surface area contributed by atoms with Gasteiger partial charge in [0, 0.05) is 6.92 Å². The van der Waals surface area contributed by atoms with Crippen molar-refractivity contribution in [2.75, 3.05) is 6.79 Å². The Hall–Kier alpha value is -1.97. The molecule has 1 amide bonds. The fraction of sp³-hybridized carbons (Fsp3) is 0.471. The number of rotatable bonds is 4. The van der Waals surface area contributed by atoms with E-state index in [0.29, 0.717) is 5.56 Å². The van der Waals surface area contributed by atoms with E-state index in [0.717, 1.165) is 0 Å². The number of carbonyl (C=O) groups excluding carboxylic acids is 3. The maximum absolute atomic E-state index is 12.5. The number of ether oxygens (including phenoxy) is 2. The van der Waals surface area contributed by atoms with E-state index in [9.17, 15) is 19.4 Å². The lowest BCUT2D eigenvalue weighted by atomic mass is 9.72. The third-order valence-corrected chi connectivity index (χ3v) is 4.64. The molecule has 11 heteroatoms. The van der Waals surface area contributed by atoms with E-state index >= 15 is 0 Å². The molecule has 2 rings (SSSR count). The van der Waals surface area contributed by atoms with Gasteiger partial charge in [-0.15, -0.1) is 0 Å². The maximum Gasteiger partial charge on any atom is 0.547 e. The number of amides is 1. The van der Waals surface area contributed by atoms with Gasteiger partial charge in [-0.3, -0.25) is 9.59 Å². The smallest absolute Gasteiger partial charge is 0.534 e. The molecule has 0 spiro atoms. The standard InChI is InChI=1S/C17H20BCl2NO7/c1-8(22)21-11-6-9-5-10(19)13(20)12(14(9)28-18(11)25)15(23)26-7-27-16(24)17(2,3)4/h5,11,25H,6-7H2,1-4H3,(H,21,22)/t11-/m0/s1. The molecule has 28 heavy (non-hydrogen) atoms. The molecule has 0 bridgehead atoms. The zero-order valence-electron chi connectivity index (χ0n) is 15.8. The molecule has 0 aromatic heterocycles. The molecule has 0 radical (unpaired) electrons. The van der Waals surface area contributed by atoms with Gasteiger partial charge in [-0.25, -0.2) is 4.79 Å². The molecule has 1 aliphatic rings. The molecule has 1 aliphatic heterocycles. The quantitative estimate of drug-likeness (QED) is 0.426. The molecule has 0 aliphatic carbocycles. The highest BCUT2D eigenvalue weighted by Gasteiger charge is 2.39. The predicted octanol–water partition coefficient (Wildman–Crippen LogP) is 2.16. The lowest BCUT2D eigenvalue weighted by Crippen LogP contribution is -2.52. The van der Waals surface area contributed by atoms with Crippen LogP contribution in [0, 0.1) is 5.41 Å². The van der Waals surface area contributed by atoms with Crippen molar-refractivity contribution in [3.63, 3.8) is 0 Å². The molecule has 152 valence electrons. The zero-order chi connectivity index (χ0) is 21.2. The van der Waals surface area contributed by atoms with E-state index < -0.39 is 37.2 Å². The van der Waals surface area contributed by atoms with Gasteiger partial charge < -0.3 is 24.5 Å². The molecule has 1 atom stereocenters. The van der Waals surface area contributed by atoms with Gasteiger partial charge in [0.25, 0.3) is 0 Å². The molecule has 8 nitrogen and oxygen atoms in total. The van der Waals surface area contributed by atoms with E-state index in [-0.39, 0.29) is 33.7 Å². The van der Waals surface area contributed by atoms with Gasteiger partial charge in [0.05, 0.1) is 21.4 Å². The number of esters is 2. The van der Waals surface area contributed by atoms with Crippen LogP contribution >= 0.6 is 23.2 Å². The topological polar surface area (TPSA) is 111 Å². The summed E-state index contributed by atoms with van der Waals surface area (Å²) < 4.78 is 15.3. The van der Waals surface area contributed by atoms with Crippen molar-refractivity contribution in [3.05, 3.63) is 27.2 Å². The Morgan fingerprint density at radius 2 is 1.96 bits per heavy atom. The van der Waals surface area contributed by atoms with Gasteiger partial charge in [-0.2, -0.15) is 0 Å². The van der Waals surface area contributed by atoms with E-state index in [4.69, 9.17) is 37.3 Å². The fourth-order valence-electron chi connectivity index (χ4n) is 2.48. The summed E-state index contributed by atoms with van der Waals surface area (Å²) in [5.74, 6) is -2.56. The molecule has 0 saturated heterocycles. The van der Waals surface area contributed by atoms with Crippen LogP contribution in [0.15, 0.2) is 6.07 Å². The number of hydrogen-bond acceptors (Lipinski definition) is 7.